The maximum absolute atomic E-state index is 12.3. The summed E-state index contributed by atoms with van der Waals surface area (Å²) < 4.78 is 5.07. The average Bonchev–Trinajstić information content (AvgIpc) is 2.76. The van der Waals surface area contributed by atoms with Crippen LogP contribution in [0, 0.1) is 11.3 Å². The fourth-order valence-electron chi connectivity index (χ4n) is 3.52. The highest BCUT2D eigenvalue weighted by Gasteiger charge is 2.22. The number of carbonyl (C=O) groups is 2. The van der Waals surface area contributed by atoms with Crippen LogP contribution in [0.25, 0.3) is 6.08 Å². The third-order valence-electron chi connectivity index (χ3n) is 5.10. The topological polar surface area (TPSA) is 82.4 Å². The van der Waals surface area contributed by atoms with Crippen LogP contribution in [-0.4, -0.2) is 32.6 Å². The zero-order valence-corrected chi connectivity index (χ0v) is 17.2. The van der Waals surface area contributed by atoms with Gasteiger partial charge in [-0.15, -0.1) is 0 Å². The molecular formula is C24H25N3O3. The summed E-state index contributed by atoms with van der Waals surface area (Å²) in [5.74, 6) is -1.19. The van der Waals surface area contributed by atoms with E-state index in [1.54, 1.807) is 0 Å². The first-order chi connectivity index (χ1) is 14.5. The van der Waals surface area contributed by atoms with Crippen molar-refractivity contribution in [2.45, 2.75) is 25.3 Å². The summed E-state index contributed by atoms with van der Waals surface area (Å²) in [6, 6.07) is 17.2. The van der Waals surface area contributed by atoms with Gasteiger partial charge in [-0.2, -0.15) is 5.26 Å². The Morgan fingerprint density at radius 2 is 1.93 bits per heavy atom. The van der Waals surface area contributed by atoms with Gasteiger partial charge >= 0.3 is 5.97 Å². The monoisotopic (exact) mass is 403 g/mol. The lowest BCUT2D eigenvalue weighted by Crippen LogP contribution is -2.34. The molecule has 0 heterocycles. The number of anilines is 1. The highest BCUT2D eigenvalue weighted by molar-refractivity contribution is 5.98. The normalized spacial score (nSPS) is 15.5. The van der Waals surface area contributed by atoms with Gasteiger partial charge < -0.3 is 15.0 Å². The Morgan fingerprint density at radius 3 is 2.63 bits per heavy atom. The number of nitrogens with zero attached hydrogens (tertiary/aromatic N) is 2. The lowest BCUT2D eigenvalue weighted by molar-refractivity contribution is -0.144. The highest BCUT2D eigenvalue weighted by Crippen LogP contribution is 2.29. The molecular weight excluding hydrogens is 378 g/mol. The molecule has 0 saturated heterocycles. The molecule has 0 aromatic heterocycles. The van der Waals surface area contributed by atoms with Gasteiger partial charge in [0.1, 0.15) is 11.6 Å². The summed E-state index contributed by atoms with van der Waals surface area (Å²) in [6.45, 7) is -0.421. The number of carbonyl (C=O) groups excluding carboxylic acids is 2. The largest absolute Gasteiger partial charge is 0.451 e. The van der Waals surface area contributed by atoms with Gasteiger partial charge in [0.25, 0.3) is 5.91 Å². The van der Waals surface area contributed by atoms with Crippen molar-refractivity contribution in [3.05, 3.63) is 70.8 Å². The molecule has 2 aromatic carbocycles. The molecule has 6 heteroatoms. The van der Waals surface area contributed by atoms with Crippen molar-refractivity contribution in [1.29, 1.82) is 5.26 Å². The van der Waals surface area contributed by atoms with E-state index in [1.807, 2.05) is 67.5 Å². The molecule has 0 radical (unpaired) electrons. The van der Waals surface area contributed by atoms with Crippen molar-refractivity contribution < 1.29 is 14.3 Å². The summed E-state index contributed by atoms with van der Waals surface area (Å²) in [5, 5.41) is 12.2. The molecule has 3 rings (SSSR count). The smallest absolute Gasteiger partial charge is 0.349 e. The predicted molar refractivity (Wildman–Crippen MR) is 116 cm³/mol. The third-order valence-corrected chi connectivity index (χ3v) is 5.10. The summed E-state index contributed by atoms with van der Waals surface area (Å²) in [5.41, 5.74) is 3.92. The Bertz CT molecular complexity index is 988. The van der Waals surface area contributed by atoms with Crippen LogP contribution in [0.2, 0.25) is 0 Å². The number of rotatable bonds is 6. The predicted octanol–water partition coefficient (Wildman–Crippen LogP) is 3.40. The molecule has 154 valence electrons. The molecule has 0 saturated carbocycles. The second-order valence-corrected chi connectivity index (χ2v) is 7.44. The second-order valence-electron chi connectivity index (χ2n) is 7.44. The van der Waals surface area contributed by atoms with Gasteiger partial charge in [-0.3, -0.25) is 4.79 Å². The van der Waals surface area contributed by atoms with Crippen LogP contribution in [-0.2, 0) is 20.7 Å². The number of nitriles is 1. The molecule has 0 unspecified atom stereocenters. The second kappa shape index (κ2) is 9.75. The number of hydrogen-bond donors (Lipinski definition) is 1. The minimum Gasteiger partial charge on any atom is -0.451 e. The van der Waals surface area contributed by atoms with Crippen LogP contribution >= 0.6 is 0 Å². The molecule has 1 aliphatic carbocycles. The zero-order chi connectivity index (χ0) is 21.5. The Morgan fingerprint density at radius 1 is 1.20 bits per heavy atom. The minimum atomic E-state index is -0.812. The molecule has 1 atom stereocenters. The van der Waals surface area contributed by atoms with Crippen molar-refractivity contribution in [3.8, 4) is 6.07 Å². The first-order valence-electron chi connectivity index (χ1n) is 9.91. The number of benzene rings is 2. The standard InChI is InChI=1S/C24H25N3O3/c1-27(2)20-12-10-17(11-13-20)14-19(15-25)24(29)30-16-23(28)26-22-9-5-7-18-6-3-4-8-21(18)22/h3-4,6,8,10-14,22H,5,7,9,16H2,1-2H3,(H,26,28)/b19-14+/t22-/m0/s1. The lowest BCUT2D eigenvalue weighted by Gasteiger charge is -2.26. The molecule has 1 aliphatic rings. The number of hydrogen-bond acceptors (Lipinski definition) is 5. The van der Waals surface area contributed by atoms with E-state index in [2.05, 4.69) is 11.4 Å². The Hall–Kier alpha value is -3.59. The third kappa shape index (κ3) is 5.26. The van der Waals surface area contributed by atoms with E-state index in [0.29, 0.717) is 5.56 Å². The number of ether oxygens (including phenoxy) is 1. The van der Waals surface area contributed by atoms with Crippen molar-refractivity contribution in [2.24, 2.45) is 0 Å². The Balaban J connectivity index is 1.57. The summed E-state index contributed by atoms with van der Waals surface area (Å²) in [7, 11) is 3.86. The number of aryl methyl sites for hydroxylation is 1. The van der Waals surface area contributed by atoms with E-state index in [0.717, 1.165) is 30.5 Å². The number of amides is 1. The first-order valence-corrected chi connectivity index (χ1v) is 9.91. The van der Waals surface area contributed by atoms with Crippen LogP contribution in [0.1, 0.15) is 35.6 Å². The fraction of sp³-hybridized carbons (Fsp3) is 0.292. The lowest BCUT2D eigenvalue weighted by atomic mass is 9.88. The molecule has 30 heavy (non-hydrogen) atoms. The quantitative estimate of drug-likeness (QED) is 0.454. The average molecular weight is 403 g/mol. The van der Waals surface area contributed by atoms with Crippen molar-refractivity contribution in [2.75, 3.05) is 25.6 Å². The Kier molecular flexibility index (Phi) is 6.87. The molecule has 2 aromatic rings. The molecule has 1 amide bonds. The van der Waals surface area contributed by atoms with E-state index in [9.17, 15) is 14.9 Å². The molecule has 1 N–H and O–H groups in total. The summed E-state index contributed by atoms with van der Waals surface area (Å²) in [4.78, 5) is 26.5. The van der Waals surface area contributed by atoms with Gasteiger partial charge in [-0.1, -0.05) is 36.4 Å². The summed E-state index contributed by atoms with van der Waals surface area (Å²) in [6.07, 6.45) is 4.30. The maximum Gasteiger partial charge on any atom is 0.349 e. The number of nitrogens with one attached hydrogen (secondary N) is 1. The molecule has 0 aliphatic heterocycles. The molecule has 0 spiro atoms. The van der Waals surface area contributed by atoms with Gasteiger partial charge in [0, 0.05) is 19.8 Å². The van der Waals surface area contributed by atoms with E-state index < -0.39 is 12.6 Å². The summed E-state index contributed by atoms with van der Waals surface area (Å²) >= 11 is 0. The Labute approximate surface area is 176 Å². The maximum atomic E-state index is 12.3. The van der Waals surface area contributed by atoms with Crippen LogP contribution < -0.4 is 10.2 Å². The van der Waals surface area contributed by atoms with E-state index in [1.165, 1.54) is 11.6 Å². The van der Waals surface area contributed by atoms with Crippen molar-refractivity contribution >= 4 is 23.6 Å². The molecule has 6 nitrogen and oxygen atoms in total. The van der Waals surface area contributed by atoms with Gasteiger partial charge in [-0.05, 0) is 54.2 Å². The minimum absolute atomic E-state index is 0.0812. The van der Waals surface area contributed by atoms with Crippen LogP contribution in [0.4, 0.5) is 5.69 Å². The van der Waals surface area contributed by atoms with Gasteiger partial charge in [0.05, 0.1) is 6.04 Å². The van der Waals surface area contributed by atoms with Crippen molar-refractivity contribution in [3.63, 3.8) is 0 Å². The van der Waals surface area contributed by atoms with Crippen LogP contribution in [0.5, 0.6) is 0 Å². The van der Waals surface area contributed by atoms with Crippen LogP contribution in [0.15, 0.2) is 54.1 Å². The van der Waals surface area contributed by atoms with Gasteiger partial charge in [0.15, 0.2) is 6.61 Å². The van der Waals surface area contributed by atoms with Crippen LogP contribution in [0.3, 0.4) is 0 Å². The first kappa shape index (κ1) is 21.1. The SMILES string of the molecule is CN(C)c1ccc(/C=C(\C#N)C(=O)OCC(=O)N[C@H]2CCCc3ccccc32)cc1. The van der Waals surface area contributed by atoms with E-state index >= 15 is 0 Å². The van der Waals surface area contributed by atoms with E-state index in [4.69, 9.17) is 4.74 Å². The molecule has 0 bridgehead atoms. The van der Waals surface area contributed by atoms with E-state index in [-0.39, 0.29) is 17.5 Å². The number of esters is 1. The highest BCUT2D eigenvalue weighted by atomic mass is 16.5. The molecule has 0 fully saturated rings. The zero-order valence-electron chi connectivity index (χ0n) is 17.2. The number of fused-ring (bicyclic) bond motifs is 1. The van der Waals surface area contributed by atoms with Gasteiger partial charge in [0.2, 0.25) is 0 Å². The van der Waals surface area contributed by atoms with Crippen molar-refractivity contribution in [1.82, 2.24) is 5.32 Å². The van der Waals surface area contributed by atoms with Gasteiger partial charge in [-0.25, -0.2) is 4.79 Å². The fourth-order valence-corrected chi connectivity index (χ4v) is 3.52.